The van der Waals surface area contributed by atoms with Crippen LogP contribution in [0.4, 0.5) is 11.4 Å². The van der Waals surface area contributed by atoms with Gasteiger partial charge in [0, 0.05) is 17.2 Å². The lowest BCUT2D eigenvalue weighted by molar-refractivity contribution is -0.384. The van der Waals surface area contributed by atoms with Crippen LogP contribution in [0.2, 0.25) is 5.02 Å². The first-order valence-electron chi connectivity index (χ1n) is 5.87. The van der Waals surface area contributed by atoms with E-state index in [-0.39, 0.29) is 5.69 Å². The lowest BCUT2D eigenvalue weighted by atomic mass is 10.1. The van der Waals surface area contributed by atoms with Gasteiger partial charge in [-0.05, 0) is 36.8 Å². The number of hydrazone groups is 1. The molecule has 2 rings (SSSR count). The lowest BCUT2D eigenvalue weighted by Crippen LogP contribution is -1.99. The zero-order valence-corrected chi connectivity index (χ0v) is 11.5. The molecule has 2 aromatic carbocycles. The van der Waals surface area contributed by atoms with Crippen molar-refractivity contribution in [2.75, 3.05) is 5.43 Å². The van der Waals surface area contributed by atoms with Crippen molar-refractivity contribution < 1.29 is 4.92 Å². The minimum absolute atomic E-state index is 0.0500. The summed E-state index contributed by atoms with van der Waals surface area (Å²) in [6, 6.07) is 13.4. The van der Waals surface area contributed by atoms with Gasteiger partial charge in [-0.3, -0.25) is 15.5 Å². The summed E-state index contributed by atoms with van der Waals surface area (Å²) in [5, 5.41) is 15.4. The van der Waals surface area contributed by atoms with Crippen LogP contribution in [-0.2, 0) is 0 Å². The van der Waals surface area contributed by atoms with Crippen molar-refractivity contribution in [2.24, 2.45) is 5.10 Å². The third kappa shape index (κ3) is 3.55. The molecule has 0 unspecified atom stereocenters. The Kier molecular flexibility index (Phi) is 4.32. The van der Waals surface area contributed by atoms with Gasteiger partial charge in [-0.1, -0.05) is 23.7 Å². The van der Waals surface area contributed by atoms with Gasteiger partial charge < -0.3 is 0 Å². The molecule has 0 aliphatic carbocycles. The van der Waals surface area contributed by atoms with Gasteiger partial charge in [0.15, 0.2) is 0 Å². The van der Waals surface area contributed by atoms with E-state index in [9.17, 15) is 10.1 Å². The molecule has 6 heteroatoms. The molecule has 0 fully saturated rings. The standard InChI is InChI=1S/C14H12ClN3O2/c1-10(11-2-4-12(15)5-3-11)16-17-13-6-8-14(9-7-13)18(19)20/h2-9,17H,1H3/b16-10-. The number of nitrogens with zero attached hydrogens (tertiary/aromatic N) is 2. The van der Waals surface area contributed by atoms with Gasteiger partial charge in [0.05, 0.1) is 16.3 Å². The first kappa shape index (κ1) is 14.0. The Morgan fingerprint density at radius 1 is 1.15 bits per heavy atom. The van der Waals surface area contributed by atoms with Crippen molar-refractivity contribution in [2.45, 2.75) is 6.92 Å². The second-order valence-corrected chi connectivity index (χ2v) is 4.56. The number of hydrogen-bond donors (Lipinski definition) is 1. The van der Waals surface area contributed by atoms with E-state index in [2.05, 4.69) is 10.5 Å². The molecule has 0 heterocycles. The molecule has 0 spiro atoms. The zero-order chi connectivity index (χ0) is 14.5. The molecule has 0 aromatic heterocycles. The monoisotopic (exact) mass is 289 g/mol. The highest BCUT2D eigenvalue weighted by Crippen LogP contribution is 2.16. The van der Waals surface area contributed by atoms with E-state index in [1.54, 1.807) is 24.3 Å². The molecule has 5 nitrogen and oxygen atoms in total. The molecule has 0 aliphatic heterocycles. The normalized spacial score (nSPS) is 11.2. The number of non-ortho nitro benzene ring substituents is 1. The van der Waals surface area contributed by atoms with E-state index in [0.29, 0.717) is 10.7 Å². The summed E-state index contributed by atoms with van der Waals surface area (Å²) >= 11 is 5.82. The van der Waals surface area contributed by atoms with Crippen LogP contribution in [-0.4, -0.2) is 10.6 Å². The summed E-state index contributed by atoms with van der Waals surface area (Å²) in [4.78, 5) is 10.1. The van der Waals surface area contributed by atoms with Crippen LogP contribution >= 0.6 is 11.6 Å². The van der Waals surface area contributed by atoms with Crippen LogP contribution in [0.15, 0.2) is 53.6 Å². The van der Waals surface area contributed by atoms with Crippen molar-refractivity contribution in [1.82, 2.24) is 0 Å². The smallest absolute Gasteiger partial charge is 0.269 e. The molecule has 0 aliphatic rings. The third-order valence-electron chi connectivity index (χ3n) is 2.69. The Hall–Kier alpha value is -2.40. The average Bonchev–Trinajstić information content (AvgIpc) is 2.46. The molecule has 0 saturated carbocycles. The predicted molar refractivity (Wildman–Crippen MR) is 80.4 cm³/mol. The lowest BCUT2D eigenvalue weighted by Gasteiger charge is -2.03. The summed E-state index contributed by atoms with van der Waals surface area (Å²) in [6.07, 6.45) is 0. The highest BCUT2D eigenvalue weighted by Gasteiger charge is 2.03. The molecule has 0 atom stereocenters. The Balaban J connectivity index is 2.08. The van der Waals surface area contributed by atoms with Gasteiger partial charge in [0.1, 0.15) is 0 Å². The van der Waals surface area contributed by atoms with E-state index >= 15 is 0 Å². The number of nitro benzene ring substituents is 1. The molecule has 1 N–H and O–H groups in total. The van der Waals surface area contributed by atoms with Crippen molar-refractivity contribution in [3.05, 3.63) is 69.2 Å². The SMILES string of the molecule is C/C(=N/Nc1ccc([N+](=O)[O-])cc1)c1ccc(Cl)cc1. The molecule has 20 heavy (non-hydrogen) atoms. The van der Waals surface area contributed by atoms with Crippen LogP contribution in [0.25, 0.3) is 0 Å². The molecule has 0 bridgehead atoms. The van der Waals surface area contributed by atoms with Crippen molar-refractivity contribution in [3.63, 3.8) is 0 Å². The van der Waals surface area contributed by atoms with Crippen molar-refractivity contribution in [1.29, 1.82) is 0 Å². The van der Waals surface area contributed by atoms with E-state index in [1.807, 2.05) is 19.1 Å². The van der Waals surface area contributed by atoms with E-state index < -0.39 is 4.92 Å². The Morgan fingerprint density at radius 3 is 2.30 bits per heavy atom. The minimum Gasteiger partial charge on any atom is -0.278 e. The third-order valence-corrected chi connectivity index (χ3v) is 2.94. The molecule has 0 radical (unpaired) electrons. The first-order valence-corrected chi connectivity index (χ1v) is 6.25. The second-order valence-electron chi connectivity index (χ2n) is 4.12. The van der Waals surface area contributed by atoms with E-state index in [1.165, 1.54) is 12.1 Å². The molecule has 0 saturated heterocycles. The summed E-state index contributed by atoms with van der Waals surface area (Å²) < 4.78 is 0. The highest BCUT2D eigenvalue weighted by molar-refractivity contribution is 6.30. The zero-order valence-electron chi connectivity index (χ0n) is 10.7. The maximum absolute atomic E-state index is 10.5. The van der Waals surface area contributed by atoms with Gasteiger partial charge in [-0.25, -0.2) is 0 Å². The number of benzene rings is 2. The fourth-order valence-electron chi connectivity index (χ4n) is 1.56. The Bertz CT molecular complexity index is 636. The number of halogens is 1. The van der Waals surface area contributed by atoms with E-state index in [0.717, 1.165) is 11.3 Å². The van der Waals surface area contributed by atoms with Crippen LogP contribution in [0.5, 0.6) is 0 Å². The minimum atomic E-state index is -0.438. The number of nitro groups is 1. The number of anilines is 1. The molecular formula is C14H12ClN3O2. The van der Waals surface area contributed by atoms with E-state index in [4.69, 9.17) is 11.6 Å². The molecule has 0 amide bonds. The van der Waals surface area contributed by atoms with Crippen LogP contribution < -0.4 is 5.43 Å². The van der Waals surface area contributed by atoms with Gasteiger partial charge >= 0.3 is 0 Å². The molecule has 102 valence electrons. The summed E-state index contributed by atoms with van der Waals surface area (Å²) in [5.74, 6) is 0. The van der Waals surface area contributed by atoms with Gasteiger partial charge in [-0.15, -0.1) is 0 Å². The summed E-state index contributed by atoms with van der Waals surface area (Å²) in [7, 11) is 0. The van der Waals surface area contributed by atoms with Gasteiger partial charge in [-0.2, -0.15) is 5.10 Å². The van der Waals surface area contributed by atoms with Crippen molar-refractivity contribution in [3.8, 4) is 0 Å². The maximum Gasteiger partial charge on any atom is 0.269 e. The number of rotatable bonds is 4. The topological polar surface area (TPSA) is 67.5 Å². The molecular weight excluding hydrogens is 278 g/mol. The maximum atomic E-state index is 10.5. The number of nitrogens with one attached hydrogen (secondary N) is 1. The average molecular weight is 290 g/mol. The van der Waals surface area contributed by atoms with Gasteiger partial charge in [0.2, 0.25) is 0 Å². The van der Waals surface area contributed by atoms with Crippen LogP contribution in [0, 0.1) is 10.1 Å². The summed E-state index contributed by atoms with van der Waals surface area (Å²) in [6.45, 7) is 1.86. The van der Waals surface area contributed by atoms with Crippen LogP contribution in [0.1, 0.15) is 12.5 Å². The van der Waals surface area contributed by atoms with Crippen LogP contribution in [0.3, 0.4) is 0 Å². The summed E-state index contributed by atoms with van der Waals surface area (Å²) in [5.41, 5.74) is 5.33. The molecule has 2 aromatic rings. The largest absolute Gasteiger partial charge is 0.278 e. The quantitative estimate of drug-likeness (QED) is 0.524. The predicted octanol–water partition coefficient (Wildman–Crippen LogP) is 4.08. The highest BCUT2D eigenvalue weighted by atomic mass is 35.5. The Labute approximate surface area is 121 Å². The second kappa shape index (κ2) is 6.16. The Morgan fingerprint density at radius 2 is 1.75 bits per heavy atom. The number of hydrogen-bond acceptors (Lipinski definition) is 4. The fraction of sp³-hybridized carbons (Fsp3) is 0.0714. The van der Waals surface area contributed by atoms with Gasteiger partial charge in [0.25, 0.3) is 5.69 Å². The first-order chi connectivity index (χ1) is 9.56. The fourth-order valence-corrected chi connectivity index (χ4v) is 1.69. The van der Waals surface area contributed by atoms with Crippen molar-refractivity contribution >= 4 is 28.7 Å².